The van der Waals surface area contributed by atoms with Crippen molar-refractivity contribution in [2.24, 2.45) is 18.9 Å². The van der Waals surface area contributed by atoms with Crippen molar-refractivity contribution in [2.45, 2.75) is 40.5 Å². The summed E-state index contributed by atoms with van der Waals surface area (Å²) in [6, 6.07) is 0. The molecule has 1 aromatic heterocycles. The van der Waals surface area contributed by atoms with E-state index in [1.54, 1.807) is 4.68 Å². The molecule has 15 heavy (non-hydrogen) atoms. The molecule has 0 atom stereocenters. The quantitative estimate of drug-likeness (QED) is 0.827. The molecule has 0 fully saturated rings. The molecule has 0 aliphatic heterocycles. The lowest BCUT2D eigenvalue weighted by Crippen LogP contribution is -2.03. The number of nitrogens with zero attached hydrogens (tertiary/aromatic N) is 2. The standard InChI is InChI=1S/C12H23N3/c1-8(2)6-10-11(7-9(3)4)14-15(5)12(10)13/h8-9H,6-7,13H2,1-5H3. The van der Waals surface area contributed by atoms with E-state index in [0.29, 0.717) is 11.8 Å². The maximum absolute atomic E-state index is 6.03. The molecule has 3 nitrogen and oxygen atoms in total. The number of rotatable bonds is 4. The maximum Gasteiger partial charge on any atom is 0.124 e. The van der Waals surface area contributed by atoms with Crippen LogP contribution in [0.25, 0.3) is 0 Å². The Labute approximate surface area is 92.7 Å². The van der Waals surface area contributed by atoms with Gasteiger partial charge in [0.05, 0.1) is 5.69 Å². The molecule has 86 valence electrons. The van der Waals surface area contributed by atoms with E-state index < -0.39 is 0 Å². The normalized spacial score (nSPS) is 11.7. The van der Waals surface area contributed by atoms with Gasteiger partial charge in [0.2, 0.25) is 0 Å². The maximum atomic E-state index is 6.03. The van der Waals surface area contributed by atoms with Gasteiger partial charge >= 0.3 is 0 Å². The Morgan fingerprint density at radius 1 is 1.13 bits per heavy atom. The number of aromatic nitrogens is 2. The van der Waals surface area contributed by atoms with Gasteiger partial charge in [0.25, 0.3) is 0 Å². The monoisotopic (exact) mass is 209 g/mol. The molecule has 0 amide bonds. The zero-order valence-corrected chi connectivity index (χ0v) is 10.5. The van der Waals surface area contributed by atoms with Gasteiger partial charge in [0, 0.05) is 12.6 Å². The zero-order chi connectivity index (χ0) is 11.6. The summed E-state index contributed by atoms with van der Waals surface area (Å²) in [4.78, 5) is 0. The van der Waals surface area contributed by atoms with Gasteiger partial charge in [-0.1, -0.05) is 27.7 Å². The van der Waals surface area contributed by atoms with Gasteiger partial charge < -0.3 is 5.73 Å². The van der Waals surface area contributed by atoms with Gasteiger partial charge in [-0.2, -0.15) is 5.10 Å². The molecule has 0 saturated heterocycles. The summed E-state index contributed by atoms with van der Waals surface area (Å²) in [5, 5.41) is 4.50. The third-order valence-electron chi connectivity index (χ3n) is 2.49. The topological polar surface area (TPSA) is 43.8 Å². The van der Waals surface area contributed by atoms with E-state index in [0.717, 1.165) is 18.7 Å². The van der Waals surface area contributed by atoms with E-state index in [9.17, 15) is 0 Å². The van der Waals surface area contributed by atoms with Crippen LogP contribution in [-0.4, -0.2) is 9.78 Å². The number of hydrogen-bond acceptors (Lipinski definition) is 2. The van der Waals surface area contributed by atoms with Gasteiger partial charge in [-0.3, -0.25) is 4.68 Å². The van der Waals surface area contributed by atoms with Gasteiger partial charge in [0.15, 0.2) is 0 Å². The molecule has 2 N–H and O–H groups in total. The molecule has 0 spiro atoms. The molecule has 0 aromatic carbocycles. The molecular formula is C12H23N3. The highest BCUT2D eigenvalue weighted by atomic mass is 15.3. The average molecular weight is 209 g/mol. The zero-order valence-electron chi connectivity index (χ0n) is 10.5. The summed E-state index contributed by atoms with van der Waals surface area (Å²) in [6.07, 6.45) is 2.05. The van der Waals surface area contributed by atoms with E-state index >= 15 is 0 Å². The Morgan fingerprint density at radius 2 is 1.67 bits per heavy atom. The van der Waals surface area contributed by atoms with E-state index in [1.807, 2.05) is 7.05 Å². The molecule has 0 radical (unpaired) electrons. The molecule has 0 saturated carbocycles. The van der Waals surface area contributed by atoms with E-state index in [1.165, 1.54) is 11.3 Å². The number of nitrogen functional groups attached to an aromatic ring is 1. The van der Waals surface area contributed by atoms with Crippen molar-refractivity contribution in [3.05, 3.63) is 11.3 Å². The number of aryl methyl sites for hydroxylation is 1. The minimum Gasteiger partial charge on any atom is -0.384 e. The second kappa shape index (κ2) is 4.69. The predicted octanol–water partition coefficient (Wildman–Crippen LogP) is 2.40. The van der Waals surface area contributed by atoms with Crippen LogP contribution in [0.5, 0.6) is 0 Å². The van der Waals surface area contributed by atoms with Gasteiger partial charge in [-0.05, 0) is 24.7 Å². The van der Waals surface area contributed by atoms with Crippen molar-refractivity contribution in [1.82, 2.24) is 9.78 Å². The van der Waals surface area contributed by atoms with Crippen LogP contribution in [0.15, 0.2) is 0 Å². The third-order valence-corrected chi connectivity index (χ3v) is 2.49. The Morgan fingerprint density at radius 3 is 2.13 bits per heavy atom. The minimum absolute atomic E-state index is 0.627. The largest absolute Gasteiger partial charge is 0.384 e. The fourth-order valence-corrected chi connectivity index (χ4v) is 1.82. The van der Waals surface area contributed by atoms with Crippen LogP contribution < -0.4 is 5.73 Å². The van der Waals surface area contributed by atoms with Gasteiger partial charge in [0.1, 0.15) is 5.82 Å². The van der Waals surface area contributed by atoms with Crippen LogP contribution in [-0.2, 0) is 19.9 Å². The molecule has 0 unspecified atom stereocenters. The summed E-state index contributed by atoms with van der Waals surface area (Å²) < 4.78 is 1.80. The predicted molar refractivity (Wildman–Crippen MR) is 64.7 cm³/mol. The van der Waals surface area contributed by atoms with Crippen LogP contribution in [0, 0.1) is 11.8 Å². The van der Waals surface area contributed by atoms with Crippen molar-refractivity contribution in [3.8, 4) is 0 Å². The lowest BCUT2D eigenvalue weighted by molar-refractivity contribution is 0.604. The fourth-order valence-electron chi connectivity index (χ4n) is 1.82. The first kappa shape index (κ1) is 12.1. The summed E-state index contributed by atoms with van der Waals surface area (Å²) >= 11 is 0. The molecule has 1 aromatic rings. The highest BCUT2D eigenvalue weighted by Crippen LogP contribution is 2.22. The highest BCUT2D eigenvalue weighted by Gasteiger charge is 2.15. The van der Waals surface area contributed by atoms with Gasteiger partial charge in [-0.25, -0.2) is 0 Å². The third kappa shape index (κ3) is 2.98. The van der Waals surface area contributed by atoms with Crippen LogP contribution >= 0.6 is 0 Å². The lowest BCUT2D eigenvalue weighted by Gasteiger charge is -2.08. The second-order valence-corrected chi connectivity index (χ2v) is 5.13. The molecule has 1 heterocycles. The first-order chi connectivity index (χ1) is 6.91. The Kier molecular flexibility index (Phi) is 3.77. The first-order valence-electron chi connectivity index (χ1n) is 5.72. The number of nitrogens with two attached hydrogens (primary N) is 1. The lowest BCUT2D eigenvalue weighted by atomic mass is 9.98. The average Bonchev–Trinajstić information content (AvgIpc) is 2.31. The van der Waals surface area contributed by atoms with Crippen molar-refractivity contribution in [1.29, 1.82) is 0 Å². The highest BCUT2D eigenvalue weighted by molar-refractivity contribution is 5.43. The summed E-state index contributed by atoms with van der Waals surface area (Å²) in [5.74, 6) is 2.09. The van der Waals surface area contributed by atoms with Crippen LogP contribution in [0.1, 0.15) is 39.0 Å². The summed E-state index contributed by atoms with van der Waals surface area (Å²) in [6.45, 7) is 8.85. The minimum atomic E-state index is 0.627. The molecule has 0 aliphatic rings. The molecular weight excluding hydrogens is 186 g/mol. The second-order valence-electron chi connectivity index (χ2n) is 5.13. The van der Waals surface area contributed by atoms with E-state index in [4.69, 9.17) is 5.73 Å². The fraction of sp³-hybridized carbons (Fsp3) is 0.750. The molecule has 1 rings (SSSR count). The SMILES string of the molecule is CC(C)Cc1nn(C)c(N)c1CC(C)C. The summed E-state index contributed by atoms with van der Waals surface area (Å²) in [5.41, 5.74) is 8.46. The van der Waals surface area contributed by atoms with Gasteiger partial charge in [-0.15, -0.1) is 0 Å². The van der Waals surface area contributed by atoms with E-state index in [2.05, 4.69) is 32.8 Å². The molecule has 0 bridgehead atoms. The number of hydrogen-bond donors (Lipinski definition) is 1. The van der Waals surface area contributed by atoms with Crippen LogP contribution in [0.4, 0.5) is 5.82 Å². The van der Waals surface area contributed by atoms with E-state index in [-0.39, 0.29) is 0 Å². The smallest absolute Gasteiger partial charge is 0.124 e. The first-order valence-corrected chi connectivity index (χ1v) is 5.72. The molecule has 0 aliphatic carbocycles. The Balaban J connectivity index is 2.98. The molecule has 3 heteroatoms. The Hall–Kier alpha value is -0.990. The van der Waals surface area contributed by atoms with Crippen molar-refractivity contribution in [2.75, 3.05) is 5.73 Å². The summed E-state index contributed by atoms with van der Waals surface area (Å²) in [7, 11) is 1.92. The van der Waals surface area contributed by atoms with Crippen molar-refractivity contribution in [3.63, 3.8) is 0 Å². The van der Waals surface area contributed by atoms with Crippen LogP contribution in [0.3, 0.4) is 0 Å². The van der Waals surface area contributed by atoms with Crippen molar-refractivity contribution < 1.29 is 0 Å². The van der Waals surface area contributed by atoms with Crippen LogP contribution in [0.2, 0.25) is 0 Å². The Bertz CT molecular complexity index is 324. The number of anilines is 1. The van der Waals surface area contributed by atoms with Crippen molar-refractivity contribution >= 4 is 5.82 Å².